The summed E-state index contributed by atoms with van der Waals surface area (Å²) >= 11 is 6.21. The van der Waals surface area contributed by atoms with Crippen LogP contribution in [-0.4, -0.2) is 5.78 Å². The topological polar surface area (TPSA) is 50.1 Å². The van der Waals surface area contributed by atoms with E-state index in [9.17, 15) is 4.79 Å². The SMILES string of the molecule is CC1CC(=O)c2c(OCc3cccc(C#N)c3)ccc(Cl)c21. The molecule has 0 aromatic heterocycles. The Kier molecular flexibility index (Phi) is 3.87. The summed E-state index contributed by atoms with van der Waals surface area (Å²) in [4.78, 5) is 12.2. The molecule has 0 N–H and O–H groups in total. The molecule has 110 valence electrons. The molecule has 1 unspecified atom stereocenters. The Morgan fingerprint density at radius 3 is 2.95 bits per heavy atom. The van der Waals surface area contributed by atoms with Crippen LogP contribution in [0.1, 0.15) is 46.3 Å². The maximum Gasteiger partial charge on any atom is 0.167 e. The number of rotatable bonds is 3. The van der Waals surface area contributed by atoms with E-state index in [0.717, 1.165) is 11.1 Å². The lowest BCUT2D eigenvalue weighted by Crippen LogP contribution is -2.02. The molecule has 0 heterocycles. The largest absolute Gasteiger partial charge is 0.488 e. The molecule has 0 bridgehead atoms. The van der Waals surface area contributed by atoms with Gasteiger partial charge in [0.25, 0.3) is 0 Å². The third kappa shape index (κ3) is 2.58. The summed E-state index contributed by atoms with van der Waals surface area (Å²) in [6, 6.07) is 12.8. The van der Waals surface area contributed by atoms with Crippen LogP contribution in [0.3, 0.4) is 0 Å². The number of hydrogen-bond donors (Lipinski definition) is 0. The molecule has 2 aromatic rings. The molecular weight excluding hydrogens is 298 g/mol. The fraction of sp³-hybridized carbons (Fsp3) is 0.222. The number of benzene rings is 2. The molecule has 0 fully saturated rings. The first-order chi connectivity index (χ1) is 10.6. The minimum absolute atomic E-state index is 0.0748. The van der Waals surface area contributed by atoms with Gasteiger partial charge >= 0.3 is 0 Å². The Hall–Kier alpha value is -2.31. The number of carbonyl (C=O) groups excluding carboxylic acids is 1. The summed E-state index contributed by atoms with van der Waals surface area (Å²) in [5.74, 6) is 0.766. The van der Waals surface area contributed by atoms with E-state index in [0.29, 0.717) is 34.9 Å². The number of Topliss-reactive ketones (excluding diaryl/α,β-unsaturated/α-hetero) is 1. The standard InChI is InChI=1S/C18H14ClNO2/c1-11-7-15(21)18-16(6-5-14(19)17(11)18)22-10-13-4-2-3-12(8-13)9-20/h2-6,8,11H,7,10H2,1H3. The summed E-state index contributed by atoms with van der Waals surface area (Å²) in [6.07, 6.45) is 0.472. The summed E-state index contributed by atoms with van der Waals surface area (Å²) in [6.45, 7) is 2.31. The summed E-state index contributed by atoms with van der Waals surface area (Å²) in [5.41, 5.74) is 2.97. The van der Waals surface area contributed by atoms with E-state index in [4.69, 9.17) is 21.6 Å². The number of ether oxygens (including phenoxy) is 1. The molecule has 0 saturated carbocycles. The van der Waals surface area contributed by atoms with Crippen LogP contribution < -0.4 is 4.74 Å². The van der Waals surface area contributed by atoms with E-state index in [2.05, 4.69) is 6.07 Å². The lowest BCUT2D eigenvalue weighted by Gasteiger charge is -2.12. The molecule has 0 spiro atoms. The van der Waals surface area contributed by atoms with Gasteiger partial charge in [-0.2, -0.15) is 5.26 Å². The zero-order valence-electron chi connectivity index (χ0n) is 12.1. The number of nitrogens with zero attached hydrogens (tertiary/aromatic N) is 1. The quantitative estimate of drug-likeness (QED) is 0.839. The smallest absolute Gasteiger partial charge is 0.167 e. The molecule has 1 aliphatic rings. The highest BCUT2D eigenvalue weighted by Crippen LogP contribution is 2.42. The van der Waals surface area contributed by atoms with Crippen molar-refractivity contribution in [2.75, 3.05) is 0 Å². The Labute approximate surface area is 134 Å². The van der Waals surface area contributed by atoms with Gasteiger partial charge in [0.15, 0.2) is 5.78 Å². The van der Waals surface area contributed by atoms with Crippen LogP contribution in [-0.2, 0) is 6.61 Å². The van der Waals surface area contributed by atoms with Crippen molar-refractivity contribution in [3.05, 3.63) is 63.7 Å². The van der Waals surface area contributed by atoms with E-state index in [1.54, 1.807) is 24.3 Å². The molecule has 22 heavy (non-hydrogen) atoms. The maximum atomic E-state index is 12.2. The number of ketones is 1. The average Bonchev–Trinajstić information content (AvgIpc) is 2.83. The zero-order chi connectivity index (χ0) is 15.7. The number of halogens is 1. The molecule has 4 heteroatoms. The van der Waals surface area contributed by atoms with Gasteiger partial charge in [-0.15, -0.1) is 0 Å². The molecule has 0 saturated heterocycles. The highest BCUT2D eigenvalue weighted by molar-refractivity contribution is 6.32. The molecule has 0 amide bonds. The summed E-state index contributed by atoms with van der Waals surface area (Å²) in [7, 11) is 0. The normalized spacial score (nSPS) is 16.2. The van der Waals surface area contributed by atoms with Crippen molar-refractivity contribution in [3.8, 4) is 11.8 Å². The number of nitriles is 1. The van der Waals surface area contributed by atoms with Crippen molar-refractivity contribution >= 4 is 17.4 Å². The second-order valence-electron chi connectivity index (χ2n) is 5.46. The number of hydrogen-bond acceptors (Lipinski definition) is 3. The fourth-order valence-corrected chi connectivity index (χ4v) is 3.18. The number of carbonyl (C=O) groups is 1. The van der Waals surface area contributed by atoms with Gasteiger partial charge in [-0.05, 0) is 41.3 Å². The minimum atomic E-state index is 0.0748. The summed E-state index contributed by atoms with van der Waals surface area (Å²) in [5, 5.41) is 9.54. The van der Waals surface area contributed by atoms with Crippen molar-refractivity contribution in [2.45, 2.75) is 25.9 Å². The highest BCUT2D eigenvalue weighted by Gasteiger charge is 2.31. The lowest BCUT2D eigenvalue weighted by molar-refractivity contribution is 0.0986. The van der Waals surface area contributed by atoms with Crippen molar-refractivity contribution in [3.63, 3.8) is 0 Å². The Morgan fingerprint density at radius 2 is 2.18 bits per heavy atom. The van der Waals surface area contributed by atoms with Gasteiger partial charge in [0.1, 0.15) is 12.4 Å². The third-order valence-electron chi connectivity index (χ3n) is 3.87. The monoisotopic (exact) mass is 311 g/mol. The second kappa shape index (κ2) is 5.82. The molecule has 3 rings (SSSR count). The van der Waals surface area contributed by atoms with Crippen LogP contribution >= 0.6 is 11.6 Å². The van der Waals surface area contributed by atoms with Crippen LogP contribution in [0.4, 0.5) is 0 Å². The van der Waals surface area contributed by atoms with Gasteiger partial charge in [0.05, 0.1) is 17.2 Å². The maximum absolute atomic E-state index is 12.2. The van der Waals surface area contributed by atoms with Gasteiger partial charge < -0.3 is 4.74 Å². The average molecular weight is 312 g/mol. The van der Waals surface area contributed by atoms with Gasteiger partial charge in [-0.25, -0.2) is 0 Å². The van der Waals surface area contributed by atoms with Crippen molar-refractivity contribution in [1.29, 1.82) is 5.26 Å². The highest BCUT2D eigenvalue weighted by atomic mass is 35.5. The second-order valence-corrected chi connectivity index (χ2v) is 5.87. The lowest BCUT2D eigenvalue weighted by atomic mass is 10.0. The first-order valence-corrected chi connectivity index (χ1v) is 7.45. The Bertz CT molecular complexity index is 792. The van der Waals surface area contributed by atoms with Crippen molar-refractivity contribution in [1.82, 2.24) is 0 Å². The molecule has 2 aromatic carbocycles. The third-order valence-corrected chi connectivity index (χ3v) is 4.20. The van der Waals surface area contributed by atoms with Gasteiger partial charge in [0, 0.05) is 11.4 Å². The molecular formula is C18H14ClNO2. The van der Waals surface area contributed by atoms with E-state index in [1.165, 1.54) is 0 Å². The van der Waals surface area contributed by atoms with E-state index in [1.807, 2.05) is 19.1 Å². The molecule has 1 atom stereocenters. The number of fused-ring (bicyclic) bond motifs is 1. The van der Waals surface area contributed by atoms with E-state index in [-0.39, 0.29) is 11.7 Å². The van der Waals surface area contributed by atoms with Gasteiger partial charge in [-0.1, -0.05) is 30.7 Å². The summed E-state index contributed by atoms with van der Waals surface area (Å²) < 4.78 is 5.82. The van der Waals surface area contributed by atoms with Gasteiger partial charge in [0.2, 0.25) is 0 Å². The fourth-order valence-electron chi connectivity index (χ4n) is 2.84. The Balaban J connectivity index is 1.88. The molecule has 1 aliphatic carbocycles. The van der Waals surface area contributed by atoms with Crippen LogP contribution in [0.15, 0.2) is 36.4 Å². The van der Waals surface area contributed by atoms with Gasteiger partial charge in [-0.3, -0.25) is 4.79 Å². The first-order valence-electron chi connectivity index (χ1n) is 7.07. The minimum Gasteiger partial charge on any atom is -0.488 e. The zero-order valence-corrected chi connectivity index (χ0v) is 12.9. The molecule has 0 radical (unpaired) electrons. The van der Waals surface area contributed by atoms with Crippen LogP contribution in [0.2, 0.25) is 5.02 Å². The van der Waals surface area contributed by atoms with Crippen LogP contribution in [0.5, 0.6) is 5.75 Å². The molecule has 3 nitrogen and oxygen atoms in total. The van der Waals surface area contributed by atoms with Crippen molar-refractivity contribution in [2.24, 2.45) is 0 Å². The van der Waals surface area contributed by atoms with Crippen molar-refractivity contribution < 1.29 is 9.53 Å². The van der Waals surface area contributed by atoms with E-state index >= 15 is 0 Å². The predicted molar refractivity (Wildman–Crippen MR) is 84.3 cm³/mol. The van der Waals surface area contributed by atoms with E-state index < -0.39 is 0 Å². The molecule has 0 aliphatic heterocycles. The Morgan fingerprint density at radius 1 is 1.36 bits per heavy atom. The van der Waals surface area contributed by atoms with Crippen LogP contribution in [0.25, 0.3) is 0 Å². The van der Waals surface area contributed by atoms with Crippen LogP contribution in [0, 0.1) is 11.3 Å². The first kappa shape index (κ1) is 14.6. The predicted octanol–water partition coefficient (Wildman–Crippen LogP) is 4.48.